The summed E-state index contributed by atoms with van der Waals surface area (Å²) in [5.41, 5.74) is 1.04. The minimum absolute atomic E-state index is 0.0196. The van der Waals surface area contributed by atoms with Crippen molar-refractivity contribution in [1.29, 1.82) is 0 Å². The van der Waals surface area contributed by atoms with Crippen molar-refractivity contribution in [2.45, 2.75) is 35.5 Å². The molecule has 2 aliphatic heterocycles. The number of carboxylic acid groups (broad SMARTS) is 1. The quantitative estimate of drug-likeness (QED) is 0.641. The summed E-state index contributed by atoms with van der Waals surface area (Å²) in [5, 5.41) is 9.95. The summed E-state index contributed by atoms with van der Waals surface area (Å²) in [5.74, 6) is -1.58. The van der Waals surface area contributed by atoms with Gasteiger partial charge in [0.25, 0.3) is 0 Å². The normalized spacial score (nSPS) is 34.5. The Morgan fingerprint density at radius 2 is 2.00 bits per heavy atom. The van der Waals surface area contributed by atoms with Crippen LogP contribution in [0, 0.1) is 29.6 Å². The van der Waals surface area contributed by atoms with Crippen LogP contribution in [0.1, 0.15) is 35.6 Å². The van der Waals surface area contributed by atoms with Crippen LogP contribution in [-0.2, 0) is 14.4 Å². The highest BCUT2D eigenvalue weighted by Crippen LogP contribution is 2.68. The second kappa shape index (κ2) is 7.28. The van der Waals surface area contributed by atoms with E-state index >= 15 is 0 Å². The van der Waals surface area contributed by atoms with Crippen LogP contribution in [0.3, 0.4) is 0 Å². The number of carboxylic acids is 1. The van der Waals surface area contributed by atoms with E-state index < -0.39 is 5.97 Å². The molecule has 2 amide bonds. The van der Waals surface area contributed by atoms with Crippen molar-refractivity contribution in [1.82, 2.24) is 14.9 Å². The lowest BCUT2D eigenvalue weighted by Gasteiger charge is -2.42. The number of aliphatic carboxylic acids is 1. The number of likely N-dealkylation sites (tertiary alicyclic amines) is 1. The molecule has 7 atom stereocenters. The molecule has 3 fully saturated rings. The number of thiazole rings is 1. The fraction of sp³-hybridized carbons (Fsp3) is 0.500. The Hall–Kier alpha value is -2.46. The molecule has 8 nitrogen and oxygen atoms in total. The van der Waals surface area contributed by atoms with E-state index in [4.69, 9.17) is 5.11 Å². The van der Waals surface area contributed by atoms with Crippen LogP contribution in [0.25, 0.3) is 0 Å². The van der Waals surface area contributed by atoms with Crippen LogP contribution in [0.2, 0.25) is 0 Å². The van der Waals surface area contributed by atoms with E-state index in [0.717, 1.165) is 21.9 Å². The number of thioether (sulfide) groups is 1. The Labute approximate surface area is 191 Å². The van der Waals surface area contributed by atoms with Gasteiger partial charge in [0.1, 0.15) is 0 Å². The lowest BCUT2D eigenvalue weighted by molar-refractivity contribution is -0.142. The summed E-state index contributed by atoms with van der Waals surface area (Å²) in [6.45, 7) is 0.172. The number of rotatable bonds is 5. The monoisotopic (exact) mass is 471 g/mol. The maximum Gasteiger partial charge on any atom is 0.305 e. The number of hydrogen-bond acceptors (Lipinski definition) is 7. The van der Waals surface area contributed by atoms with Gasteiger partial charge in [0.15, 0.2) is 0 Å². The van der Waals surface area contributed by atoms with Crippen LogP contribution in [0.4, 0.5) is 0 Å². The molecule has 32 heavy (non-hydrogen) atoms. The predicted molar refractivity (Wildman–Crippen MR) is 116 cm³/mol. The first kappa shape index (κ1) is 20.2. The SMILES string of the molecule is O=C(O)CCCN1C(=O)[C@@H]2[C@H]3C[C@@H]([C@@H]2C1=O)[C@@H]1[C@@H](c2cccnc2)c2sc(=O)[nH]c2S[C@@H]31. The smallest absolute Gasteiger partial charge is 0.305 e. The minimum Gasteiger partial charge on any atom is -0.481 e. The highest BCUT2D eigenvalue weighted by molar-refractivity contribution is 8.00. The van der Waals surface area contributed by atoms with Gasteiger partial charge in [0, 0.05) is 41.4 Å². The fourth-order valence-corrected chi connectivity index (χ4v) is 9.51. The predicted octanol–water partition coefficient (Wildman–Crippen LogP) is 2.17. The molecule has 4 heterocycles. The number of pyridine rings is 1. The minimum atomic E-state index is -0.925. The van der Waals surface area contributed by atoms with E-state index in [1.165, 1.54) is 16.2 Å². The molecule has 10 heteroatoms. The van der Waals surface area contributed by atoms with Crippen LogP contribution in [0.15, 0.2) is 34.3 Å². The summed E-state index contributed by atoms with van der Waals surface area (Å²) in [6.07, 6.45) is 4.63. The second-order valence-electron chi connectivity index (χ2n) is 9.07. The molecule has 2 aromatic heterocycles. The van der Waals surface area contributed by atoms with E-state index in [1.807, 2.05) is 18.3 Å². The molecule has 0 spiro atoms. The molecule has 166 valence electrons. The van der Waals surface area contributed by atoms with Gasteiger partial charge in [-0.05, 0) is 42.2 Å². The van der Waals surface area contributed by atoms with Gasteiger partial charge in [0.2, 0.25) is 11.8 Å². The van der Waals surface area contributed by atoms with Gasteiger partial charge in [-0.1, -0.05) is 17.4 Å². The van der Waals surface area contributed by atoms with E-state index in [2.05, 4.69) is 9.97 Å². The van der Waals surface area contributed by atoms with Crippen LogP contribution in [-0.4, -0.2) is 49.6 Å². The standard InChI is InChI=1S/C22H21N3O5S2/c26-12(27)4-2-6-25-20(28)15-10-7-11(16(15)21(25)29)17-14(10)13(9-3-1-5-23-8-9)18-19(31-17)24-22(30)32-18/h1,3,5,8,10-11,13-17H,2,4,6-7H2,(H,24,30)(H,26,27)/t10-,11-,13-,14-,15+,16-,17+/m1/s1. The summed E-state index contributed by atoms with van der Waals surface area (Å²) in [4.78, 5) is 59.1. The number of fused-ring (bicyclic) bond motifs is 9. The molecule has 2 aromatic rings. The molecule has 2 saturated carbocycles. The third kappa shape index (κ3) is 2.78. The average Bonchev–Trinajstić information content (AvgIpc) is 3.49. The van der Waals surface area contributed by atoms with E-state index in [9.17, 15) is 19.2 Å². The van der Waals surface area contributed by atoms with Crippen molar-refractivity contribution in [3.8, 4) is 0 Å². The average molecular weight is 472 g/mol. The van der Waals surface area contributed by atoms with Gasteiger partial charge in [0.05, 0.1) is 16.9 Å². The van der Waals surface area contributed by atoms with Crippen molar-refractivity contribution in [3.05, 3.63) is 44.6 Å². The lowest BCUT2D eigenvalue weighted by Crippen LogP contribution is -2.42. The Balaban J connectivity index is 1.37. The number of aromatic amines is 1. The molecule has 0 radical (unpaired) electrons. The third-order valence-corrected chi connectivity index (χ3v) is 10.2. The van der Waals surface area contributed by atoms with Crippen LogP contribution in [0.5, 0.6) is 0 Å². The number of amides is 2. The van der Waals surface area contributed by atoms with Crippen molar-refractivity contribution in [2.75, 3.05) is 6.54 Å². The molecule has 1 saturated heterocycles. The summed E-state index contributed by atoms with van der Waals surface area (Å²) in [6, 6.07) is 3.92. The summed E-state index contributed by atoms with van der Waals surface area (Å²) in [7, 11) is 0. The summed E-state index contributed by atoms with van der Waals surface area (Å²) < 4.78 is 0. The first-order chi connectivity index (χ1) is 15.5. The van der Waals surface area contributed by atoms with E-state index in [0.29, 0.717) is 0 Å². The summed E-state index contributed by atoms with van der Waals surface area (Å²) >= 11 is 2.89. The zero-order chi connectivity index (χ0) is 22.1. The highest BCUT2D eigenvalue weighted by Gasteiger charge is 2.69. The number of imide groups is 1. The van der Waals surface area contributed by atoms with Gasteiger partial charge in [-0.15, -0.1) is 11.8 Å². The lowest BCUT2D eigenvalue weighted by atomic mass is 9.68. The third-order valence-electron chi connectivity index (χ3n) is 7.63. The van der Waals surface area contributed by atoms with Crippen molar-refractivity contribution >= 4 is 40.9 Å². The van der Waals surface area contributed by atoms with Gasteiger partial charge in [-0.3, -0.25) is 29.1 Å². The van der Waals surface area contributed by atoms with Gasteiger partial charge < -0.3 is 10.1 Å². The molecule has 2 bridgehead atoms. The molecule has 6 rings (SSSR count). The number of nitrogens with zero attached hydrogens (tertiary/aromatic N) is 2. The van der Waals surface area contributed by atoms with Gasteiger partial charge in [-0.2, -0.15) is 0 Å². The largest absolute Gasteiger partial charge is 0.481 e. The zero-order valence-electron chi connectivity index (χ0n) is 17.0. The number of nitrogens with one attached hydrogen (secondary N) is 1. The van der Waals surface area contributed by atoms with Gasteiger partial charge in [-0.25, -0.2) is 0 Å². The Morgan fingerprint density at radius 3 is 2.72 bits per heavy atom. The fourth-order valence-electron chi connectivity index (χ4n) is 6.62. The molecule has 0 aromatic carbocycles. The van der Waals surface area contributed by atoms with Gasteiger partial charge >= 0.3 is 10.8 Å². The molecule has 0 unspecified atom stereocenters. The van der Waals surface area contributed by atoms with Crippen molar-refractivity contribution in [3.63, 3.8) is 0 Å². The van der Waals surface area contributed by atoms with E-state index in [1.54, 1.807) is 18.0 Å². The number of H-pyrrole nitrogens is 1. The first-order valence-electron chi connectivity index (χ1n) is 10.8. The topological polar surface area (TPSA) is 120 Å². The number of carbonyl (C=O) groups is 3. The van der Waals surface area contributed by atoms with Crippen LogP contribution >= 0.6 is 23.1 Å². The number of carbonyl (C=O) groups excluding carboxylic acids is 2. The Kier molecular flexibility index (Phi) is 4.59. The van der Waals surface area contributed by atoms with E-state index in [-0.39, 0.29) is 76.8 Å². The molecular weight excluding hydrogens is 450 g/mol. The highest BCUT2D eigenvalue weighted by atomic mass is 32.2. The van der Waals surface area contributed by atoms with Crippen molar-refractivity contribution in [2.24, 2.45) is 29.6 Å². The number of aromatic nitrogens is 2. The molecule has 4 aliphatic rings. The Morgan fingerprint density at radius 1 is 1.22 bits per heavy atom. The molecule has 2 aliphatic carbocycles. The molecular formula is C22H21N3O5S2. The van der Waals surface area contributed by atoms with Crippen molar-refractivity contribution < 1.29 is 19.5 Å². The Bertz CT molecular complexity index is 1180. The zero-order valence-corrected chi connectivity index (χ0v) is 18.6. The maximum absolute atomic E-state index is 13.3. The first-order valence-corrected chi connectivity index (χ1v) is 12.5. The number of hydrogen-bond donors (Lipinski definition) is 2. The maximum atomic E-state index is 13.3. The molecule has 2 N–H and O–H groups in total. The van der Waals surface area contributed by atoms with Crippen LogP contribution < -0.4 is 4.87 Å². The second-order valence-corrected chi connectivity index (χ2v) is 11.3.